The molecule has 3 heteroatoms. The summed E-state index contributed by atoms with van der Waals surface area (Å²) in [6, 6.07) is 0.467. The maximum atomic E-state index is 6.30. The monoisotopic (exact) mass is 255 g/mol. The van der Waals surface area contributed by atoms with Crippen LogP contribution in [0.15, 0.2) is 0 Å². The molecule has 0 aromatic carbocycles. The maximum Gasteiger partial charge on any atom is 0.0986 e. The molecule has 2 fully saturated rings. The van der Waals surface area contributed by atoms with E-state index >= 15 is 0 Å². The van der Waals surface area contributed by atoms with E-state index in [1.165, 1.54) is 19.3 Å². The summed E-state index contributed by atoms with van der Waals surface area (Å²) in [6.07, 6.45) is 5.75. The first kappa shape index (κ1) is 14.3. The smallest absolute Gasteiger partial charge is 0.0986 e. The second kappa shape index (κ2) is 5.48. The highest BCUT2D eigenvalue weighted by atomic mass is 16.5. The predicted octanol–water partition coefficient (Wildman–Crippen LogP) is 2.59. The molecule has 2 rings (SSSR count). The minimum absolute atomic E-state index is 0.232. The minimum Gasteiger partial charge on any atom is -0.377 e. The summed E-state index contributed by atoms with van der Waals surface area (Å²) in [5.41, 5.74) is 0.428. The molecule has 0 heterocycles. The van der Waals surface area contributed by atoms with E-state index in [1.54, 1.807) is 7.11 Å². The van der Waals surface area contributed by atoms with Crippen LogP contribution in [-0.4, -0.2) is 38.5 Å². The van der Waals surface area contributed by atoms with Crippen LogP contribution in [0.4, 0.5) is 0 Å². The molecular weight excluding hydrogens is 226 g/mol. The molecule has 2 aliphatic rings. The van der Waals surface area contributed by atoms with E-state index in [9.17, 15) is 0 Å². The van der Waals surface area contributed by atoms with Crippen LogP contribution in [0.25, 0.3) is 0 Å². The maximum absolute atomic E-state index is 6.30. The molecule has 0 amide bonds. The number of hydrogen-bond acceptors (Lipinski definition) is 3. The molecule has 5 atom stereocenters. The molecule has 18 heavy (non-hydrogen) atoms. The van der Waals surface area contributed by atoms with Crippen molar-refractivity contribution in [2.75, 3.05) is 14.2 Å². The Balaban J connectivity index is 1.86. The SMILES string of the molecule is CNC1CC(OC2CC(C)CC(C)(C)C2)C1OC. The van der Waals surface area contributed by atoms with E-state index in [0.29, 0.717) is 23.7 Å². The zero-order chi connectivity index (χ0) is 13.3. The van der Waals surface area contributed by atoms with Gasteiger partial charge >= 0.3 is 0 Å². The van der Waals surface area contributed by atoms with E-state index in [4.69, 9.17) is 9.47 Å². The van der Waals surface area contributed by atoms with Crippen molar-refractivity contribution in [3.05, 3.63) is 0 Å². The Hall–Kier alpha value is -0.120. The average Bonchev–Trinajstić information content (AvgIpc) is 2.21. The molecule has 1 N–H and O–H groups in total. The summed E-state index contributed by atoms with van der Waals surface area (Å²) in [5, 5.41) is 3.29. The topological polar surface area (TPSA) is 30.5 Å². The molecule has 0 saturated heterocycles. The Bertz CT molecular complexity index is 280. The minimum atomic E-state index is 0.232. The predicted molar refractivity (Wildman–Crippen MR) is 73.7 cm³/mol. The molecule has 2 aliphatic carbocycles. The van der Waals surface area contributed by atoms with Crippen molar-refractivity contribution in [2.45, 2.75) is 70.8 Å². The van der Waals surface area contributed by atoms with Gasteiger partial charge in [0.1, 0.15) is 0 Å². The molecule has 0 aliphatic heterocycles. The van der Waals surface area contributed by atoms with Crippen LogP contribution in [-0.2, 0) is 9.47 Å². The van der Waals surface area contributed by atoms with Gasteiger partial charge in [0.2, 0.25) is 0 Å². The molecule has 0 aromatic rings. The largest absolute Gasteiger partial charge is 0.377 e. The number of rotatable bonds is 4. The Morgan fingerprint density at radius 1 is 1.17 bits per heavy atom. The van der Waals surface area contributed by atoms with Crippen LogP contribution >= 0.6 is 0 Å². The zero-order valence-electron chi connectivity index (χ0n) is 12.5. The van der Waals surface area contributed by atoms with Crippen molar-refractivity contribution >= 4 is 0 Å². The highest BCUT2D eigenvalue weighted by Gasteiger charge is 2.44. The van der Waals surface area contributed by atoms with Gasteiger partial charge in [-0.3, -0.25) is 0 Å². The molecule has 106 valence electrons. The first-order chi connectivity index (χ1) is 8.45. The average molecular weight is 255 g/mol. The van der Waals surface area contributed by atoms with E-state index < -0.39 is 0 Å². The van der Waals surface area contributed by atoms with E-state index in [-0.39, 0.29) is 6.10 Å². The van der Waals surface area contributed by atoms with Crippen LogP contribution in [0.2, 0.25) is 0 Å². The summed E-state index contributed by atoms with van der Waals surface area (Å²) in [4.78, 5) is 0. The molecule has 5 unspecified atom stereocenters. The van der Waals surface area contributed by atoms with Crippen molar-refractivity contribution in [1.29, 1.82) is 0 Å². The van der Waals surface area contributed by atoms with Gasteiger partial charge in [-0.2, -0.15) is 0 Å². The van der Waals surface area contributed by atoms with Gasteiger partial charge in [0, 0.05) is 13.2 Å². The van der Waals surface area contributed by atoms with Crippen molar-refractivity contribution < 1.29 is 9.47 Å². The summed E-state index contributed by atoms with van der Waals surface area (Å²) in [7, 11) is 3.79. The zero-order valence-corrected chi connectivity index (χ0v) is 12.5. The number of methoxy groups -OCH3 is 1. The standard InChI is InChI=1S/C15H29NO2/c1-10-6-11(9-15(2,3)8-10)18-13-7-12(16-4)14(13)17-5/h10-14,16H,6-9H2,1-5H3. The number of hydrogen-bond donors (Lipinski definition) is 1. The second-order valence-corrected chi connectivity index (χ2v) is 7.04. The lowest BCUT2D eigenvalue weighted by molar-refractivity contribution is -0.171. The van der Waals surface area contributed by atoms with Gasteiger partial charge in [0.15, 0.2) is 0 Å². The lowest BCUT2D eigenvalue weighted by Crippen LogP contribution is -2.60. The van der Waals surface area contributed by atoms with Crippen molar-refractivity contribution in [2.24, 2.45) is 11.3 Å². The number of ether oxygens (including phenoxy) is 2. The Morgan fingerprint density at radius 3 is 2.44 bits per heavy atom. The molecule has 0 aromatic heterocycles. The fourth-order valence-electron chi connectivity index (χ4n) is 3.92. The van der Waals surface area contributed by atoms with Gasteiger partial charge < -0.3 is 14.8 Å². The molecule has 0 spiro atoms. The summed E-state index contributed by atoms with van der Waals surface area (Å²) in [5.74, 6) is 0.778. The van der Waals surface area contributed by atoms with Gasteiger partial charge in [0.25, 0.3) is 0 Å². The van der Waals surface area contributed by atoms with Crippen molar-refractivity contribution in [3.63, 3.8) is 0 Å². The third-order valence-electron chi connectivity index (χ3n) is 4.61. The van der Waals surface area contributed by atoms with Gasteiger partial charge in [-0.05, 0) is 44.1 Å². The molecule has 0 bridgehead atoms. The quantitative estimate of drug-likeness (QED) is 0.837. The van der Waals surface area contributed by atoms with Crippen LogP contribution in [0.1, 0.15) is 46.5 Å². The van der Waals surface area contributed by atoms with E-state index in [1.807, 2.05) is 7.05 Å². The van der Waals surface area contributed by atoms with Crippen LogP contribution in [0.5, 0.6) is 0 Å². The lowest BCUT2D eigenvalue weighted by Gasteiger charge is -2.47. The Labute approximate surface area is 112 Å². The highest BCUT2D eigenvalue weighted by Crippen LogP contribution is 2.41. The fourth-order valence-corrected chi connectivity index (χ4v) is 3.92. The molecule has 0 radical (unpaired) electrons. The highest BCUT2D eigenvalue weighted by molar-refractivity contribution is 4.97. The molecular formula is C15H29NO2. The summed E-state index contributed by atoms with van der Waals surface area (Å²) in [6.45, 7) is 7.08. The van der Waals surface area contributed by atoms with E-state index in [2.05, 4.69) is 26.1 Å². The fraction of sp³-hybridized carbons (Fsp3) is 1.00. The van der Waals surface area contributed by atoms with Crippen molar-refractivity contribution in [3.8, 4) is 0 Å². The normalized spacial score (nSPS) is 43.5. The number of likely N-dealkylation sites (N-methyl/N-ethyl adjacent to an activating group) is 1. The summed E-state index contributed by atoms with van der Waals surface area (Å²) < 4.78 is 11.8. The second-order valence-electron chi connectivity index (χ2n) is 7.04. The number of nitrogens with one attached hydrogen (secondary N) is 1. The first-order valence-corrected chi connectivity index (χ1v) is 7.30. The lowest BCUT2D eigenvalue weighted by atomic mass is 9.71. The Kier molecular flexibility index (Phi) is 4.35. The van der Waals surface area contributed by atoms with Crippen LogP contribution < -0.4 is 5.32 Å². The van der Waals surface area contributed by atoms with Gasteiger partial charge in [-0.1, -0.05) is 20.8 Å². The molecule has 3 nitrogen and oxygen atoms in total. The Morgan fingerprint density at radius 2 is 1.89 bits per heavy atom. The van der Waals surface area contributed by atoms with Crippen molar-refractivity contribution in [1.82, 2.24) is 5.32 Å². The van der Waals surface area contributed by atoms with E-state index in [0.717, 1.165) is 12.3 Å². The van der Waals surface area contributed by atoms with Gasteiger partial charge in [-0.25, -0.2) is 0 Å². The first-order valence-electron chi connectivity index (χ1n) is 7.30. The van der Waals surface area contributed by atoms with Crippen LogP contribution in [0, 0.1) is 11.3 Å². The third-order valence-corrected chi connectivity index (χ3v) is 4.61. The van der Waals surface area contributed by atoms with Gasteiger partial charge in [-0.15, -0.1) is 0 Å². The summed E-state index contributed by atoms with van der Waals surface area (Å²) >= 11 is 0. The van der Waals surface area contributed by atoms with Crippen LogP contribution in [0.3, 0.4) is 0 Å². The third kappa shape index (κ3) is 3.06. The van der Waals surface area contributed by atoms with Gasteiger partial charge in [0.05, 0.1) is 18.3 Å². The molecule has 2 saturated carbocycles.